The van der Waals surface area contributed by atoms with Crippen molar-refractivity contribution < 1.29 is 24.5 Å². The molecule has 12 heavy (non-hydrogen) atoms. The Morgan fingerprint density at radius 3 is 2.58 bits per heavy atom. The van der Waals surface area contributed by atoms with Crippen LogP contribution in [0.4, 0.5) is 0 Å². The van der Waals surface area contributed by atoms with E-state index >= 15 is 0 Å². The molecule has 0 saturated carbocycles. The van der Waals surface area contributed by atoms with Crippen molar-refractivity contribution in [3.05, 3.63) is 0 Å². The van der Waals surface area contributed by atoms with Crippen LogP contribution in [-0.2, 0) is 14.3 Å². The van der Waals surface area contributed by atoms with Crippen molar-refractivity contribution in [1.29, 1.82) is 0 Å². The highest BCUT2D eigenvalue weighted by molar-refractivity contribution is 6.31. The van der Waals surface area contributed by atoms with Gasteiger partial charge in [0.15, 0.2) is 17.8 Å². The van der Waals surface area contributed by atoms with Gasteiger partial charge in [-0.15, -0.1) is 11.6 Å². The molecular formula is C6H7ClO5. The van der Waals surface area contributed by atoms with Gasteiger partial charge < -0.3 is 19.7 Å². The number of alkyl halides is 1. The van der Waals surface area contributed by atoms with E-state index in [9.17, 15) is 9.90 Å². The van der Waals surface area contributed by atoms with Crippen LogP contribution in [0.2, 0.25) is 0 Å². The zero-order chi connectivity index (χ0) is 8.88. The van der Waals surface area contributed by atoms with Crippen LogP contribution in [0.15, 0.2) is 0 Å². The highest BCUT2D eigenvalue weighted by Gasteiger charge is 2.55. The zero-order valence-corrected chi connectivity index (χ0v) is 6.64. The number of aliphatic hydroxyl groups is 2. The molecule has 2 heterocycles. The summed E-state index contributed by atoms with van der Waals surface area (Å²) >= 11 is 5.57. The van der Waals surface area contributed by atoms with E-state index in [1.807, 2.05) is 0 Å². The number of ether oxygens (including phenoxy) is 2. The van der Waals surface area contributed by atoms with Gasteiger partial charge in [0.1, 0.15) is 12.2 Å². The van der Waals surface area contributed by atoms with Gasteiger partial charge in [0.2, 0.25) is 0 Å². The average molecular weight is 195 g/mol. The SMILES string of the molecule is O=C1OC2C(O)C(O)OC2C1Cl. The van der Waals surface area contributed by atoms with E-state index in [-0.39, 0.29) is 0 Å². The lowest BCUT2D eigenvalue weighted by Gasteiger charge is -2.10. The van der Waals surface area contributed by atoms with Crippen LogP contribution in [0, 0.1) is 0 Å². The summed E-state index contributed by atoms with van der Waals surface area (Å²) < 4.78 is 9.48. The first-order chi connectivity index (χ1) is 5.61. The molecule has 0 bridgehead atoms. The Kier molecular flexibility index (Phi) is 1.76. The number of esters is 1. The molecule has 2 fully saturated rings. The molecule has 5 nitrogen and oxygen atoms in total. The fourth-order valence-electron chi connectivity index (χ4n) is 1.38. The van der Waals surface area contributed by atoms with Crippen molar-refractivity contribution >= 4 is 17.6 Å². The van der Waals surface area contributed by atoms with Gasteiger partial charge in [0.25, 0.3) is 0 Å². The first-order valence-electron chi connectivity index (χ1n) is 3.47. The summed E-state index contributed by atoms with van der Waals surface area (Å²) in [4.78, 5) is 10.8. The summed E-state index contributed by atoms with van der Waals surface area (Å²) in [6.45, 7) is 0. The third-order valence-electron chi connectivity index (χ3n) is 2.01. The molecule has 2 rings (SSSR count). The van der Waals surface area contributed by atoms with Crippen molar-refractivity contribution in [1.82, 2.24) is 0 Å². The zero-order valence-electron chi connectivity index (χ0n) is 5.88. The number of halogens is 1. The number of hydrogen-bond acceptors (Lipinski definition) is 5. The van der Waals surface area contributed by atoms with Gasteiger partial charge in [-0.25, -0.2) is 0 Å². The lowest BCUT2D eigenvalue weighted by molar-refractivity contribution is -0.154. The average Bonchev–Trinajstić information content (AvgIpc) is 2.43. The van der Waals surface area contributed by atoms with Crippen LogP contribution in [0.5, 0.6) is 0 Å². The number of carbonyl (C=O) groups is 1. The molecule has 68 valence electrons. The summed E-state index contributed by atoms with van der Waals surface area (Å²) in [6.07, 6.45) is -4.06. The fraction of sp³-hybridized carbons (Fsp3) is 0.833. The van der Waals surface area contributed by atoms with Gasteiger partial charge in [-0.05, 0) is 0 Å². The Hall–Kier alpha value is -0.360. The number of aliphatic hydroxyl groups excluding tert-OH is 2. The van der Waals surface area contributed by atoms with Gasteiger partial charge in [0.05, 0.1) is 0 Å². The van der Waals surface area contributed by atoms with E-state index < -0.39 is 35.9 Å². The molecule has 6 heteroatoms. The van der Waals surface area contributed by atoms with Gasteiger partial charge >= 0.3 is 5.97 Å². The summed E-state index contributed by atoms with van der Waals surface area (Å²) in [5, 5.41) is 17.2. The van der Waals surface area contributed by atoms with Crippen molar-refractivity contribution in [3.63, 3.8) is 0 Å². The molecule has 0 spiro atoms. The van der Waals surface area contributed by atoms with Gasteiger partial charge in [-0.1, -0.05) is 0 Å². The van der Waals surface area contributed by atoms with Gasteiger partial charge in [-0.2, -0.15) is 0 Å². The first kappa shape index (κ1) is 8.25. The van der Waals surface area contributed by atoms with E-state index in [0.29, 0.717) is 0 Å². The second-order valence-corrected chi connectivity index (χ2v) is 3.26. The topological polar surface area (TPSA) is 76.0 Å². The largest absolute Gasteiger partial charge is 0.455 e. The lowest BCUT2D eigenvalue weighted by atomic mass is 10.1. The molecule has 0 aromatic carbocycles. The van der Waals surface area contributed by atoms with E-state index in [4.69, 9.17) is 21.4 Å². The molecule has 2 aliphatic rings. The molecule has 2 aliphatic heterocycles. The number of hydrogen-bond donors (Lipinski definition) is 2. The first-order valence-corrected chi connectivity index (χ1v) is 3.91. The van der Waals surface area contributed by atoms with E-state index in [0.717, 1.165) is 0 Å². The van der Waals surface area contributed by atoms with Gasteiger partial charge in [-0.3, -0.25) is 4.79 Å². The maximum absolute atomic E-state index is 10.8. The number of fused-ring (bicyclic) bond motifs is 1. The molecular weight excluding hydrogens is 188 g/mol. The van der Waals surface area contributed by atoms with Crippen LogP contribution in [0.3, 0.4) is 0 Å². The molecule has 5 atom stereocenters. The molecule has 0 radical (unpaired) electrons. The predicted molar refractivity (Wildman–Crippen MR) is 36.4 cm³/mol. The van der Waals surface area contributed by atoms with Crippen LogP contribution in [0.25, 0.3) is 0 Å². The smallest absolute Gasteiger partial charge is 0.327 e. The third-order valence-corrected chi connectivity index (χ3v) is 2.44. The van der Waals surface area contributed by atoms with Crippen molar-refractivity contribution in [2.45, 2.75) is 30.0 Å². The molecule has 0 aliphatic carbocycles. The highest BCUT2D eigenvalue weighted by atomic mass is 35.5. The molecule has 0 aromatic rings. The summed E-state index contributed by atoms with van der Waals surface area (Å²) in [5.41, 5.74) is 0. The van der Waals surface area contributed by atoms with Gasteiger partial charge in [0, 0.05) is 0 Å². The quantitative estimate of drug-likeness (QED) is 0.366. The molecule has 0 amide bonds. The summed E-state index contributed by atoms with van der Waals surface area (Å²) in [6, 6.07) is 0. The minimum absolute atomic E-state index is 0.613. The van der Waals surface area contributed by atoms with E-state index in [2.05, 4.69) is 4.74 Å². The standard InChI is InChI=1S/C6H7ClO5/c7-1-3-4(12-5(1)9)2(8)6(10)11-3/h1-4,6,8,10H. The molecule has 2 N–H and O–H groups in total. The van der Waals surface area contributed by atoms with Crippen molar-refractivity contribution in [2.24, 2.45) is 0 Å². The highest BCUT2D eigenvalue weighted by Crippen LogP contribution is 2.33. The number of carbonyl (C=O) groups excluding carboxylic acids is 1. The normalized spacial score (nSPS) is 52.2. The minimum Gasteiger partial charge on any atom is -0.455 e. The number of rotatable bonds is 0. The second kappa shape index (κ2) is 2.56. The van der Waals surface area contributed by atoms with E-state index in [1.54, 1.807) is 0 Å². The molecule has 2 saturated heterocycles. The Morgan fingerprint density at radius 1 is 1.33 bits per heavy atom. The Balaban J connectivity index is 2.19. The monoisotopic (exact) mass is 194 g/mol. The van der Waals surface area contributed by atoms with Crippen LogP contribution in [-0.4, -0.2) is 46.2 Å². The fourth-order valence-corrected chi connectivity index (χ4v) is 1.64. The maximum atomic E-state index is 10.8. The Labute approximate surface area is 72.8 Å². The summed E-state index contributed by atoms with van der Waals surface area (Å²) in [5.74, 6) is -0.613. The Morgan fingerprint density at radius 2 is 2.00 bits per heavy atom. The van der Waals surface area contributed by atoms with Crippen molar-refractivity contribution in [3.8, 4) is 0 Å². The Bertz CT molecular complexity index is 220. The minimum atomic E-state index is -1.31. The van der Waals surface area contributed by atoms with Crippen LogP contribution in [0.1, 0.15) is 0 Å². The van der Waals surface area contributed by atoms with E-state index in [1.165, 1.54) is 0 Å². The molecule has 5 unspecified atom stereocenters. The maximum Gasteiger partial charge on any atom is 0.327 e. The van der Waals surface area contributed by atoms with Crippen molar-refractivity contribution in [2.75, 3.05) is 0 Å². The summed E-state index contributed by atoms with van der Waals surface area (Å²) in [7, 11) is 0. The van der Waals surface area contributed by atoms with Crippen LogP contribution < -0.4 is 0 Å². The lowest BCUT2D eigenvalue weighted by Crippen LogP contribution is -2.31. The van der Waals surface area contributed by atoms with Crippen LogP contribution >= 0.6 is 11.6 Å². The second-order valence-electron chi connectivity index (χ2n) is 2.79. The predicted octanol–water partition coefficient (Wildman–Crippen LogP) is -1.40. The molecule has 0 aromatic heterocycles. The third kappa shape index (κ3) is 0.942.